The van der Waals surface area contributed by atoms with Gasteiger partial charge < -0.3 is 9.63 Å². The second-order valence-electron chi connectivity index (χ2n) is 6.39. The van der Waals surface area contributed by atoms with Gasteiger partial charge in [-0.3, -0.25) is 4.90 Å². The van der Waals surface area contributed by atoms with Crippen LogP contribution < -0.4 is 0 Å². The van der Waals surface area contributed by atoms with Gasteiger partial charge in [-0.15, -0.1) is 0 Å². The van der Waals surface area contributed by atoms with Crippen LogP contribution in [0.15, 0.2) is 4.52 Å². The molecule has 1 N–H and O–H groups in total. The summed E-state index contributed by atoms with van der Waals surface area (Å²) >= 11 is 0. The van der Waals surface area contributed by atoms with Crippen LogP contribution in [-0.2, 0) is 12.0 Å². The highest BCUT2D eigenvalue weighted by molar-refractivity contribution is 5.00. The lowest BCUT2D eigenvalue weighted by molar-refractivity contribution is 0.188. The zero-order valence-corrected chi connectivity index (χ0v) is 12.2. The minimum Gasteiger partial charge on any atom is -0.396 e. The molecular weight excluding hydrogens is 242 g/mol. The summed E-state index contributed by atoms with van der Waals surface area (Å²) in [6.07, 6.45) is 4.35. The van der Waals surface area contributed by atoms with Gasteiger partial charge in [0, 0.05) is 18.1 Å². The van der Waals surface area contributed by atoms with Crippen molar-refractivity contribution in [1.82, 2.24) is 15.0 Å². The summed E-state index contributed by atoms with van der Waals surface area (Å²) in [4.78, 5) is 6.89. The molecule has 0 saturated carbocycles. The van der Waals surface area contributed by atoms with E-state index in [1.807, 2.05) is 0 Å². The Morgan fingerprint density at radius 2 is 2.21 bits per heavy atom. The van der Waals surface area contributed by atoms with Crippen LogP contribution in [-0.4, -0.2) is 39.3 Å². The predicted molar refractivity (Wildman–Crippen MR) is 72.7 cm³/mol. The topological polar surface area (TPSA) is 62.4 Å². The zero-order valence-electron chi connectivity index (χ0n) is 12.2. The maximum atomic E-state index is 8.94. The van der Waals surface area contributed by atoms with Gasteiger partial charge in [-0.25, -0.2) is 0 Å². The molecule has 0 aromatic carbocycles. The molecule has 5 heteroatoms. The van der Waals surface area contributed by atoms with Crippen LogP contribution in [0.2, 0.25) is 0 Å². The second-order valence-corrected chi connectivity index (χ2v) is 6.39. The van der Waals surface area contributed by atoms with Crippen LogP contribution in [0.25, 0.3) is 0 Å². The average Bonchev–Trinajstić information content (AvgIpc) is 2.95. The molecule has 0 amide bonds. The van der Waals surface area contributed by atoms with Crippen molar-refractivity contribution >= 4 is 0 Å². The van der Waals surface area contributed by atoms with Crippen LogP contribution in [0.5, 0.6) is 0 Å². The molecule has 0 spiro atoms. The number of likely N-dealkylation sites (tertiary alicyclic amines) is 1. The Morgan fingerprint density at radius 1 is 1.42 bits per heavy atom. The zero-order chi connectivity index (χ0) is 13.9. The van der Waals surface area contributed by atoms with Crippen molar-refractivity contribution in [2.24, 2.45) is 0 Å². The molecule has 1 aromatic rings. The van der Waals surface area contributed by atoms with Crippen LogP contribution in [0.3, 0.4) is 0 Å². The van der Waals surface area contributed by atoms with Gasteiger partial charge in [0.05, 0.1) is 6.54 Å². The highest BCUT2D eigenvalue weighted by Crippen LogP contribution is 2.24. The lowest BCUT2D eigenvalue weighted by Gasteiger charge is -2.22. The standard InChI is InChI=1S/C14H25N3O2/c1-14(2,3)13-15-12(19-16-13)10-17-8-4-6-11(17)7-5-9-18/h11,18H,4-10H2,1-3H3. The number of rotatable bonds is 5. The van der Waals surface area contributed by atoms with Gasteiger partial charge in [0.1, 0.15) is 0 Å². The lowest BCUT2D eigenvalue weighted by Crippen LogP contribution is -2.29. The Kier molecular flexibility index (Phi) is 4.58. The van der Waals surface area contributed by atoms with Crippen molar-refractivity contribution in [3.63, 3.8) is 0 Å². The van der Waals surface area contributed by atoms with E-state index in [1.165, 1.54) is 12.8 Å². The van der Waals surface area contributed by atoms with Gasteiger partial charge in [-0.05, 0) is 32.2 Å². The first kappa shape index (κ1) is 14.5. The molecule has 1 aliphatic rings. The van der Waals surface area contributed by atoms with E-state index >= 15 is 0 Å². The van der Waals surface area contributed by atoms with Gasteiger partial charge >= 0.3 is 0 Å². The molecule has 1 saturated heterocycles. The molecule has 0 bridgehead atoms. The summed E-state index contributed by atoms with van der Waals surface area (Å²) in [5.41, 5.74) is -0.0664. The van der Waals surface area contributed by atoms with Crippen LogP contribution in [0.4, 0.5) is 0 Å². The first-order valence-corrected chi connectivity index (χ1v) is 7.18. The van der Waals surface area contributed by atoms with Crippen LogP contribution >= 0.6 is 0 Å². The van der Waals surface area contributed by atoms with Gasteiger partial charge in [0.15, 0.2) is 5.82 Å². The number of aromatic nitrogens is 2. The van der Waals surface area contributed by atoms with Crippen molar-refractivity contribution in [2.75, 3.05) is 13.2 Å². The van der Waals surface area contributed by atoms with E-state index in [0.717, 1.165) is 31.8 Å². The van der Waals surface area contributed by atoms with E-state index in [2.05, 4.69) is 35.8 Å². The molecule has 5 nitrogen and oxygen atoms in total. The van der Waals surface area contributed by atoms with E-state index in [9.17, 15) is 0 Å². The molecule has 1 aliphatic heterocycles. The van der Waals surface area contributed by atoms with Gasteiger partial charge in [-0.1, -0.05) is 25.9 Å². The molecule has 19 heavy (non-hydrogen) atoms. The van der Waals surface area contributed by atoms with Crippen molar-refractivity contribution in [3.8, 4) is 0 Å². The number of hydrogen-bond donors (Lipinski definition) is 1. The van der Waals surface area contributed by atoms with Gasteiger partial charge in [0.2, 0.25) is 5.89 Å². The third kappa shape index (κ3) is 3.76. The summed E-state index contributed by atoms with van der Waals surface area (Å²) in [5, 5.41) is 13.0. The monoisotopic (exact) mass is 267 g/mol. The van der Waals surface area contributed by atoms with Crippen molar-refractivity contribution in [3.05, 3.63) is 11.7 Å². The fourth-order valence-corrected chi connectivity index (χ4v) is 2.55. The number of hydrogen-bond acceptors (Lipinski definition) is 5. The van der Waals surface area contributed by atoms with Gasteiger partial charge in [0.25, 0.3) is 0 Å². The normalized spacial score (nSPS) is 21.2. The second kappa shape index (κ2) is 6.01. The Bertz CT molecular complexity index is 398. The van der Waals surface area contributed by atoms with E-state index in [-0.39, 0.29) is 12.0 Å². The van der Waals surface area contributed by atoms with Crippen LogP contribution in [0.1, 0.15) is 58.2 Å². The molecule has 108 valence electrons. The van der Waals surface area contributed by atoms with Crippen molar-refractivity contribution in [2.45, 2.75) is 64.5 Å². The lowest BCUT2D eigenvalue weighted by atomic mass is 9.96. The third-order valence-corrected chi connectivity index (χ3v) is 3.67. The smallest absolute Gasteiger partial charge is 0.240 e. The molecule has 0 radical (unpaired) electrons. The maximum Gasteiger partial charge on any atom is 0.240 e. The van der Waals surface area contributed by atoms with E-state index in [4.69, 9.17) is 9.63 Å². The highest BCUT2D eigenvalue weighted by Gasteiger charge is 2.27. The highest BCUT2D eigenvalue weighted by atomic mass is 16.5. The molecule has 1 atom stereocenters. The SMILES string of the molecule is CC(C)(C)c1noc(CN2CCCC2CCCO)n1. The maximum absolute atomic E-state index is 8.94. The van der Waals surface area contributed by atoms with E-state index < -0.39 is 0 Å². The number of aliphatic hydroxyl groups is 1. The minimum atomic E-state index is -0.0664. The fourth-order valence-electron chi connectivity index (χ4n) is 2.55. The summed E-state index contributed by atoms with van der Waals surface area (Å²) in [6, 6.07) is 0.553. The molecule has 1 fully saturated rings. The molecule has 1 aromatic heterocycles. The van der Waals surface area contributed by atoms with Crippen molar-refractivity contribution in [1.29, 1.82) is 0 Å². The first-order valence-electron chi connectivity index (χ1n) is 7.18. The molecule has 2 rings (SSSR count). The third-order valence-electron chi connectivity index (χ3n) is 3.67. The molecule has 0 aliphatic carbocycles. The Morgan fingerprint density at radius 3 is 2.84 bits per heavy atom. The fraction of sp³-hybridized carbons (Fsp3) is 0.857. The van der Waals surface area contributed by atoms with Crippen molar-refractivity contribution < 1.29 is 9.63 Å². The summed E-state index contributed by atoms with van der Waals surface area (Å²) < 4.78 is 5.35. The summed E-state index contributed by atoms with van der Waals surface area (Å²) in [7, 11) is 0. The predicted octanol–water partition coefficient (Wildman–Crippen LogP) is 2.10. The minimum absolute atomic E-state index is 0.0664. The summed E-state index contributed by atoms with van der Waals surface area (Å²) in [5.74, 6) is 1.48. The largest absolute Gasteiger partial charge is 0.396 e. The Hall–Kier alpha value is -0.940. The first-order chi connectivity index (χ1) is 9.00. The Labute approximate surface area is 115 Å². The number of aliphatic hydroxyl groups excluding tert-OH is 1. The van der Waals surface area contributed by atoms with E-state index in [0.29, 0.717) is 11.9 Å². The average molecular weight is 267 g/mol. The molecular formula is C14H25N3O2. The Balaban J connectivity index is 1.94. The van der Waals surface area contributed by atoms with E-state index in [1.54, 1.807) is 0 Å². The molecule has 1 unspecified atom stereocenters. The van der Waals surface area contributed by atoms with Gasteiger partial charge in [-0.2, -0.15) is 4.98 Å². The quantitative estimate of drug-likeness (QED) is 0.885. The van der Waals surface area contributed by atoms with Crippen LogP contribution in [0, 0.1) is 0 Å². The summed E-state index contributed by atoms with van der Waals surface area (Å²) in [6.45, 7) is 8.35. The number of nitrogens with zero attached hydrogens (tertiary/aromatic N) is 3. The molecule has 2 heterocycles.